The highest BCUT2D eigenvalue weighted by molar-refractivity contribution is 5.94. The third-order valence-electron chi connectivity index (χ3n) is 7.07. The number of hydrogen-bond donors (Lipinski definition) is 0. The molecule has 0 N–H and O–H groups in total. The van der Waals surface area contributed by atoms with Gasteiger partial charge in [0.2, 0.25) is 0 Å². The molecule has 2 aromatic carbocycles. The van der Waals surface area contributed by atoms with Gasteiger partial charge in [0.25, 0.3) is 0 Å². The molecule has 0 radical (unpaired) electrons. The van der Waals surface area contributed by atoms with E-state index >= 15 is 0 Å². The van der Waals surface area contributed by atoms with Crippen molar-refractivity contribution < 1.29 is 0 Å². The number of fused-ring (bicyclic) bond motifs is 3. The van der Waals surface area contributed by atoms with Crippen molar-refractivity contribution in [2.75, 3.05) is 0 Å². The number of allylic oxidation sites excluding steroid dienone is 8. The SMILES string of the molecule is C/C(=C\C#N)c1ccc2c(c1)C1=C(C3=CC=CCC3c3ccccc3)C1CC2(C)C. The molecule has 3 aliphatic carbocycles. The van der Waals surface area contributed by atoms with Gasteiger partial charge in [0, 0.05) is 17.9 Å². The molecule has 0 saturated heterocycles. The second-order valence-electron chi connectivity index (χ2n) is 9.43. The molecule has 148 valence electrons. The topological polar surface area (TPSA) is 23.8 Å². The highest BCUT2D eigenvalue weighted by Crippen LogP contribution is 2.63. The summed E-state index contributed by atoms with van der Waals surface area (Å²) < 4.78 is 0. The van der Waals surface area contributed by atoms with Gasteiger partial charge in [-0.15, -0.1) is 0 Å². The van der Waals surface area contributed by atoms with E-state index in [1.807, 2.05) is 6.92 Å². The molecule has 2 aromatic rings. The predicted molar refractivity (Wildman–Crippen MR) is 125 cm³/mol. The van der Waals surface area contributed by atoms with Gasteiger partial charge in [-0.05, 0) is 75.8 Å². The maximum atomic E-state index is 9.08. The molecule has 30 heavy (non-hydrogen) atoms. The van der Waals surface area contributed by atoms with Crippen LogP contribution in [0.4, 0.5) is 0 Å². The van der Waals surface area contributed by atoms with Gasteiger partial charge in [-0.2, -0.15) is 5.26 Å². The van der Waals surface area contributed by atoms with Crippen molar-refractivity contribution >= 4 is 11.1 Å². The van der Waals surface area contributed by atoms with Gasteiger partial charge in [0.05, 0.1) is 6.07 Å². The van der Waals surface area contributed by atoms with Crippen LogP contribution < -0.4 is 0 Å². The summed E-state index contributed by atoms with van der Waals surface area (Å²) >= 11 is 0. The first-order chi connectivity index (χ1) is 14.5. The molecule has 0 aliphatic heterocycles. The minimum Gasteiger partial charge on any atom is -0.193 e. The fourth-order valence-corrected chi connectivity index (χ4v) is 5.47. The van der Waals surface area contributed by atoms with Gasteiger partial charge in [-0.1, -0.05) is 74.5 Å². The molecule has 0 spiro atoms. The van der Waals surface area contributed by atoms with Gasteiger partial charge < -0.3 is 0 Å². The average molecular weight is 390 g/mol. The van der Waals surface area contributed by atoms with E-state index in [1.165, 1.54) is 28.7 Å². The number of nitrogens with zero attached hydrogens (tertiary/aromatic N) is 1. The minimum absolute atomic E-state index is 0.157. The number of hydrogen-bond acceptors (Lipinski definition) is 1. The zero-order valence-corrected chi connectivity index (χ0v) is 17.9. The van der Waals surface area contributed by atoms with E-state index in [0.717, 1.165) is 17.6 Å². The Labute approximate surface area is 179 Å². The highest BCUT2D eigenvalue weighted by atomic mass is 14.5. The van der Waals surface area contributed by atoms with Gasteiger partial charge in [0.15, 0.2) is 0 Å². The summed E-state index contributed by atoms with van der Waals surface area (Å²) in [5.41, 5.74) is 11.2. The van der Waals surface area contributed by atoms with Crippen LogP contribution in [0.3, 0.4) is 0 Å². The summed E-state index contributed by atoms with van der Waals surface area (Å²) in [6.07, 6.45) is 10.8. The Kier molecular flexibility index (Phi) is 4.40. The molecule has 3 aliphatic rings. The van der Waals surface area contributed by atoms with Crippen molar-refractivity contribution in [3.05, 3.63) is 106 Å². The summed E-state index contributed by atoms with van der Waals surface area (Å²) in [5.74, 6) is 1.01. The molecular weight excluding hydrogens is 362 g/mol. The summed E-state index contributed by atoms with van der Waals surface area (Å²) in [6.45, 7) is 6.78. The molecule has 0 saturated carbocycles. The maximum absolute atomic E-state index is 9.08. The van der Waals surface area contributed by atoms with E-state index < -0.39 is 0 Å². The van der Waals surface area contributed by atoms with Crippen molar-refractivity contribution in [2.24, 2.45) is 5.92 Å². The first-order valence-electron chi connectivity index (χ1n) is 10.9. The number of nitriles is 1. The lowest BCUT2D eigenvalue weighted by atomic mass is 9.71. The Morgan fingerprint density at radius 1 is 1.07 bits per heavy atom. The predicted octanol–water partition coefficient (Wildman–Crippen LogP) is 7.35. The van der Waals surface area contributed by atoms with Crippen molar-refractivity contribution in [2.45, 2.75) is 44.9 Å². The third kappa shape index (κ3) is 2.99. The monoisotopic (exact) mass is 389 g/mol. The largest absolute Gasteiger partial charge is 0.193 e. The molecule has 2 atom stereocenters. The van der Waals surface area contributed by atoms with Gasteiger partial charge in [0.1, 0.15) is 0 Å². The van der Waals surface area contributed by atoms with Gasteiger partial charge in [-0.3, -0.25) is 0 Å². The lowest BCUT2D eigenvalue weighted by molar-refractivity contribution is 0.449. The zero-order chi connectivity index (χ0) is 20.9. The van der Waals surface area contributed by atoms with Crippen molar-refractivity contribution in [3.63, 3.8) is 0 Å². The van der Waals surface area contributed by atoms with Crippen LogP contribution in [0.25, 0.3) is 11.1 Å². The molecule has 0 aromatic heterocycles. The fourth-order valence-electron chi connectivity index (χ4n) is 5.47. The van der Waals surface area contributed by atoms with E-state index in [1.54, 1.807) is 17.2 Å². The standard InChI is InChI=1S/C29H27N/c1-19(15-16-30)21-13-14-26-24(17-21)28-25(18-29(26,2)3)27(28)23-12-8-7-11-22(23)20-9-5-4-6-10-20/h4-10,12-15,17,22,25H,11,18H2,1-3H3/b19-15+. The molecule has 5 rings (SSSR count). The number of benzene rings is 2. The second-order valence-corrected chi connectivity index (χ2v) is 9.43. The molecule has 0 fully saturated rings. The molecular formula is C29H27N. The van der Waals surface area contributed by atoms with Crippen LogP contribution in [0.15, 0.2) is 84.0 Å². The van der Waals surface area contributed by atoms with Crippen LogP contribution in [0, 0.1) is 17.2 Å². The first-order valence-corrected chi connectivity index (χ1v) is 10.9. The van der Waals surface area contributed by atoms with E-state index in [0.29, 0.717) is 11.8 Å². The van der Waals surface area contributed by atoms with Crippen LogP contribution in [0.5, 0.6) is 0 Å². The smallest absolute Gasteiger partial charge is 0.0915 e. The minimum atomic E-state index is 0.157. The molecule has 0 heterocycles. The Hall–Kier alpha value is -3.11. The average Bonchev–Trinajstić information content (AvgIpc) is 3.47. The quantitative estimate of drug-likeness (QED) is 0.503. The van der Waals surface area contributed by atoms with Gasteiger partial charge in [-0.25, -0.2) is 0 Å². The lowest BCUT2D eigenvalue weighted by Crippen LogP contribution is -2.24. The summed E-state index contributed by atoms with van der Waals surface area (Å²) in [7, 11) is 0. The molecule has 2 unspecified atom stereocenters. The van der Waals surface area contributed by atoms with Crippen molar-refractivity contribution in [1.82, 2.24) is 0 Å². The van der Waals surface area contributed by atoms with Crippen molar-refractivity contribution in [1.29, 1.82) is 5.26 Å². The number of rotatable bonds is 3. The summed E-state index contributed by atoms with van der Waals surface area (Å²) in [4.78, 5) is 0. The van der Waals surface area contributed by atoms with E-state index in [4.69, 9.17) is 5.26 Å². The normalized spacial score (nSPS) is 23.9. The fraction of sp³-hybridized carbons (Fsp3) is 0.276. The second kappa shape index (κ2) is 6.99. The van der Waals surface area contributed by atoms with E-state index in [-0.39, 0.29) is 5.41 Å². The van der Waals surface area contributed by atoms with Crippen LogP contribution in [-0.2, 0) is 5.41 Å². The van der Waals surface area contributed by atoms with Gasteiger partial charge >= 0.3 is 0 Å². The van der Waals surface area contributed by atoms with E-state index in [9.17, 15) is 0 Å². The van der Waals surface area contributed by atoms with Crippen molar-refractivity contribution in [3.8, 4) is 6.07 Å². The van der Waals surface area contributed by atoms with E-state index in [2.05, 4.69) is 86.7 Å². The summed E-state index contributed by atoms with van der Waals surface area (Å²) in [6, 6.07) is 19.9. The highest BCUT2D eigenvalue weighted by Gasteiger charge is 2.49. The Morgan fingerprint density at radius 2 is 1.87 bits per heavy atom. The molecule has 0 bridgehead atoms. The molecule has 1 heteroatoms. The molecule has 1 nitrogen and oxygen atoms in total. The Bertz CT molecular complexity index is 1180. The van der Waals surface area contributed by atoms with Crippen LogP contribution in [-0.4, -0.2) is 0 Å². The first kappa shape index (κ1) is 18.9. The van der Waals surface area contributed by atoms with Crippen LogP contribution in [0.1, 0.15) is 61.8 Å². The lowest BCUT2D eigenvalue weighted by Gasteiger charge is -2.32. The third-order valence-corrected chi connectivity index (χ3v) is 7.07. The maximum Gasteiger partial charge on any atom is 0.0915 e. The van der Waals surface area contributed by atoms with Crippen LogP contribution >= 0.6 is 0 Å². The molecule has 0 amide bonds. The summed E-state index contributed by atoms with van der Waals surface area (Å²) in [5, 5.41) is 9.08. The Morgan fingerprint density at radius 3 is 2.63 bits per heavy atom. The Balaban J connectivity index is 1.62. The van der Waals surface area contributed by atoms with Crippen LogP contribution in [0.2, 0.25) is 0 Å². The zero-order valence-electron chi connectivity index (χ0n) is 17.9.